The predicted molar refractivity (Wildman–Crippen MR) is 66.5 cm³/mol. The van der Waals surface area contributed by atoms with E-state index in [1.54, 1.807) is 0 Å². The Kier molecular flexibility index (Phi) is 8.06. The Bertz CT molecular complexity index is 399. The normalized spacial score (nSPS) is 8.67. The fourth-order valence-electron chi connectivity index (χ4n) is 1.66. The van der Waals surface area contributed by atoms with E-state index < -0.39 is 0 Å². The number of rotatable bonds is 1. The van der Waals surface area contributed by atoms with Crippen molar-refractivity contribution in [3.8, 4) is 0 Å². The maximum atomic E-state index is 2.30. The molecule has 0 saturated heterocycles. The number of benzene rings is 1. The first-order chi connectivity index (χ1) is 5.81. The molecule has 0 aliphatic carbocycles. The average molecular weight is 279 g/mol. The zero-order chi connectivity index (χ0) is 8.55. The van der Waals surface area contributed by atoms with Crippen LogP contribution in [0.2, 0.25) is 0 Å². The van der Waals surface area contributed by atoms with Crippen molar-refractivity contribution in [2.45, 2.75) is 20.3 Å². The zero-order valence-corrected chi connectivity index (χ0v) is 12.6. The Morgan fingerprint density at radius 2 is 1.87 bits per heavy atom. The molecule has 0 atom stereocenters. The van der Waals surface area contributed by atoms with Crippen LogP contribution in [0.25, 0.3) is 10.8 Å². The molecule has 1 heteroatoms. The van der Waals surface area contributed by atoms with E-state index in [4.69, 9.17) is 0 Å². The summed E-state index contributed by atoms with van der Waals surface area (Å²) < 4.78 is 0. The summed E-state index contributed by atoms with van der Waals surface area (Å²) in [5.41, 5.74) is 2.83. The molecule has 0 aromatic heterocycles. The van der Waals surface area contributed by atoms with Gasteiger partial charge in [-0.3, -0.25) is 0 Å². The monoisotopic (exact) mass is 277 g/mol. The molecule has 0 fully saturated rings. The van der Waals surface area contributed by atoms with E-state index in [1.807, 2.05) is 0 Å². The SMILES string of the molecule is CCc1cc2c(C)cccc2[cH-]1.[CH3-].[CH3-].[Zr+3]. The first-order valence-corrected chi connectivity index (χ1v) is 4.46. The molecular weight excluding hydrogens is 259 g/mol. The maximum Gasteiger partial charge on any atom is 3.00 e. The van der Waals surface area contributed by atoms with Gasteiger partial charge in [0.15, 0.2) is 0 Å². The standard InChI is InChI=1S/C12H13.2CH3.Zr/c1-3-10-7-11-6-4-5-9(2)12(11)8-10;;;/h4-8H,3H2,1-2H3;2*1H3;/q3*-1;+3. The molecule has 1 radical (unpaired) electrons. The summed E-state index contributed by atoms with van der Waals surface area (Å²) in [4.78, 5) is 0. The molecule has 0 aliphatic heterocycles. The second-order valence-electron chi connectivity index (χ2n) is 3.29. The van der Waals surface area contributed by atoms with E-state index in [0.717, 1.165) is 6.42 Å². The molecule has 0 nitrogen and oxygen atoms in total. The van der Waals surface area contributed by atoms with Crippen LogP contribution < -0.4 is 0 Å². The first-order valence-electron chi connectivity index (χ1n) is 4.46. The summed E-state index contributed by atoms with van der Waals surface area (Å²) in [5, 5.41) is 2.79. The number of hydrogen-bond acceptors (Lipinski definition) is 0. The molecule has 0 aliphatic rings. The molecule has 79 valence electrons. The second-order valence-corrected chi connectivity index (χ2v) is 3.29. The van der Waals surface area contributed by atoms with Crippen LogP contribution in [0.5, 0.6) is 0 Å². The van der Waals surface area contributed by atoms with Crippen LogP contribution in [0.4, 0.5) is 0 Å². The van der Waals surface area contributed by atoms with Gasteiger partial charge in [0.2, 0.25) is 0 Å². The van der Waals surface area contributed by atoms with Crippen molar-refractivity contribution in [2.75, 3.05) is 0 Å². The van der Waals surface area contributed by atoms with Gasteiger partial charge in [-0.05, 0) is 13.3 Å². The van der Waals surface area contributed by atoms with Gasteiger partial charge in [-0.1, -0.05) is 18.6 Å². The molecule has 0 bridgehead atoms. The summed E-state index contributed by atoms with van der Waals surface area (Å²) in [6.07, 6.45) is 1.13. The quantitative estimate of drug-likeness (QED) is 0.681. The van der Waals surface area contributed by atoms with Gasteiger partial charge in [-0.25, -0.2) is 0 Å². The molecule has 2 aromatic rings. The largest absolute Gasteiger partial charge is 3.00 e. The fraction of sp³-hybridized carbons (Fsp3) is 0.214. The third-order valence-electron chi connectivity index (χ3n) is 2.44. The Balaban J connectivity index is 0. The summed E-state index contributed by atoms with van der Waals surface area (Å²) in [6, 6.07) is 11.0. The summed E-state index contributed by atoms with van der Waals surface area (Å²) >= 11 is 0. The van der Waals surface area contributed by atoms with Crippen LogP contribution in [0, 0.1) is 21.8 Å². The van der Waals surface area contributed by atoms with Crippen LogP contribution in [-0.2, 0) is 32.6 Å². The van der Waals surface area contributed by atoms with E-state index in [0.29, 0.717) is 0 Å². The molecule has 15 heavy (non-hydrogen) atoms. The third-order valence-corrected chi connectivity index (χ3v) is 2.44. The topological polar surface area (TPSA) is 0 Å². The van der Waals surface area contributed by atoms with Gasteiger partial charge in [0.05, 0.1) is 0 Å². The van der Waals surface area contributed by atoms with Crippen molar-refractivity contribution < 1.29 is 26.2 Å². The van der Waals surface area contributed by atoms with Crippen molar-refractivity contribution in [1.29, 1.82) is 0 Å². The average Bonchev–Trinajstić information content (AvgIpc) is 2.49. The third kappa shape index (κ3) is 3.35. The molecule has 2 rings (SSSR count). The molecule has 0 saturated carbocycles. The molecule has 2 aromatic carbocycles. The molecule has 0 heterocycles. The maximum absolute atomic E-state index is 2.30. The first kappa shape index (κ1) is 17.1. The second kappa shape index (κ2) is 7.06. The molecule has 0 unspecified atom stereocenters. The van der Waals surface area contributed by atoms with Crippen molar-refractivity contribution >= 4 is 10.8 Å². The van der Waals surface area contributed by atoms with Gasteiger partial charge in [-0.15, -0.1) is 34.5 Å². The van der Waals surface area contributed by atoms with Gasteiger partial charge in [0.25, 0.3) is 0 Å². The molecular formula is C14H19Zr. The van der Waals surface area contributed by atoms with E-state index in [1.165, 1.54) is 21.9 Å². The van der Waals surface area contributed by atoms with Gasteiger partial charge < -0.3 is 14.9 Å². The molecule has 0 spiro atoms. The van der Waals surface area contributed by atoms with Crippen LogP contribution in [0.1, 0.15) is 18.1 Å². The zero-order valence-electron chi connectivity index (χ0n) is 10.1. The van der Waals surface area contributed by atoms with E-state index in [9.17, 15) is 0 Å². The number of fused-ring (bicyclic) bond motifs is 1. The fourth-order valence-corrected chi connectivity index (χ4v) is 1.66. The van der Waals surface area contributed by atoms with Crippen molar-refractivity contribution in [3.05, 3.63) is 56.3 Å². The van der Waals surface area contributed by atoms with Crippen LogP contribution in [0.3, 0.4) is 0 Å². The van der Waals surface area contributed by atoms with E-state index >= 15 is 0 Å². The minimum absolute atomic E-state index is 0. The number of hydrogen-bond donors (Lipinski definition) is 0. The minimum atomic E-state index is 0. The number of aryl methyl sites for hydroxylation is 2. The molecule has 0 amide bonds. The summed E-state index contributed by atoms with van der Waals surface area (Å²) in [6.45, 7) is 4.37. The van der Waals surface area contributed by atoms with E-state index in [-0.39, 0.29) is 41.1 Å². The van der Waals surface area contributed by atoms with Crippen LogP contribution in [-0.4, -0.2) is 0 Å². The minimum Gasteiger partial charge on any atom is -0.358 e. The van der Waals surface area contributed by atoms with Crippen molar-refractivity contribution in [1.82, 2.24) is 0 Å². The summed E-state index contributed by atoms with van der Waals surface area (Å²) in [7, 11) is 0. The van der Waals surface area contributed by atoms with E-state index in [2.05, 4.69) is 44.2 Å². The molecule has 0 N–H and O–H groups in total. The smallest absolute Gasteiger partial charge is 0.358 e. The van der Waals surface area contributed by atoms with Gasteiger partial charge in [0, 0.05) is 0 Å². The van der Waals surface area contributed by atoms with Crippen LogP contribution >= 0.6 is 0 Å². The Morgan fingerprint density at radius 3 is 2.40 bits per heavy atom. The predicted octanol–water partition coefficient (Wildman–Crippen LogP) is 4.33. The Morgan fingerprint density at radius 1 is 1.20 bits per heavy atom. The van der Waals surface area contributed by atoms with Gasteiger partial charge >= 0.3 is 26.2 Å². The van der Waals surface area contributed by atoms with Gasteiger partial charge in [0.1, 0.15) is 0 Å². The Labute approximate surface area is 113 Å². The summed E-state index contributed by atoms with van der Waals surface area (Å²) in [5.74, 6) is 0. The van der Waals surface area contributed by atoms with Gasteiger partial charge in [-0.2, -0.15) is 6.07 Å². The van der Waals surface area contributed by atoms with Crippen molar-refractivity contribution in [3.63, 3.8) is 0 Å². The van der Waals surface area contributed by atoms with Crippen molar-refractivity contribution in [2.24, 2.45) is 0 Å². The Hall–Kier alpha value is -0.287. The van der Waals surface area contributed by atoms with Crippen LogP contribution in [0.15, 0.2) is 30.3 Å².